The summed E-state index contributed by atoms with van der Waals surface area (Å²) in [6.45, 7) is 2.77. The second-order valence-electron chi connectivity index (χ2n) is 5.52. The highest BCUT2D eigenvalue weighted by molar-refractivity contribution is 14.1. The maximum Gasteiger partial charge on any atom is 0.252 e. The van der Waals surface area contributed by atoms with Gasteiger partial charge in [0.25, 0.3) is 5.91 Å². The van der Waals surface area contributed by atoms with Crippen molar-refractivity contribution in [2.45, 2.75) is 38.4 Å². The zero-order valence-electron chi connectivity index (χ0n) is 11.0. The molecular formula is C15H18INO2. The number of rotatable bonds is 3. The van der Waals surface area contributed by atoms with E-state index in [0.717, 1.165) is 34.1 Å². The number of aryl methyl sites for hydroxylation is 1. The number of hydrogen-bond donors (Lipinski definition) is 1. The van der Waals surface area contributed by atoms with Crippen LogP contribution in [-0.4, -0.2) is 24.7 Å². The van der Waals surface area contributed by atoms with Gasteiger partial charge in [-0.2, -0.15) is 0 Å². The molecule has 2 aliphatic heterocycles. The largest absolute Gasteiger partial charge is 0.375 e. The highest BCUT2D eigenvalue weighted by atomic mass is 127. The van der Waals surface area contributed by atoms with Crippen molar-refractivity contribution in [3.63, 3.8) is 0 Å². The van der Waals surface area contributed by atoms with E-state index in [9.17, 15) is 4.79 Å². The molecule has 19 heavy (non-hydrogen) atoms. The van der Waals surface area contributed by atoms with Gasteiger partial charge in [0.05, 0.1) is 17.8 Å². The Morgan fingerprint density at radius 3 is 3.00 bits per heavy atom. The third kappa shape index (κ3) is 2.65. The summed E-state index contributed by atoms with van der Waals surface area (Å²) in [7, 11) is 0. The molecule has 102 valence electrons. The van der Waals surface area contributed by atoms with Crippen molar-refractivity contribution in [1.82, 2.24) is 5.32 Å². The molecule has 0 saturated carbocycles. The molecular weight excluding hydrogens is 353 g/mol. The monoisotopic (exact) mass is 371 g/mol. The van der Waals surface area contributed by atoms with Crippen LogP contribution in [0.5, 0.6) is 0 Å². The zero-order chi connectivity index (χ0) is 13.4. The van der Waals surface area contributed by atoms with Gasteiger partial charge in [0, 0.05) is 16.0 Å². The van der Waals surface area contributed by atoms with Gasteiger partial charge in [-0.1, -0.05) is 12.1 Å². The normalized spacial score (nSPS) is 28.6. The molecule has 2 bridgehead atoms. The maximum atomic E-state index is 12.2. The number of ether oxygens (including phenoxy) is 1. The zero-order valence-corrected chi connectivity index (χ0v) is 13.1. The number of hydrogen-bond acceptors (Lipinski definition) is 2. The van der Waals surface area contributed by atoms with Crippen LogP contribution in [0.25, 0.3) is 0 Å². The quantitative estimate of drug-likeness (QED) is 0.830. The molecule has 4 heteroatoms. The fourth-order valence-electron chi connectivity index (χ4n) is 3.10. The Morgan fingerprint density at radius 1 is 1.47 bits per heavy atom. The van der Waals surface area contributed by atoms with E-state index in [1.807, 2.05) is 25.1 Å². The lowest BCUT2D eigenvalue weighted by molar-refractivity contribution is 0.0873. The Morgan fingerprint density at radius 2 is 2.32 bits per heavy atom. The molecule has 0 radical (unpaired) electrons. The standard InChI is InChI=1S/C15H18INO2/c1-9-3-2-4-12(14(9)16)15(18)17-8-10-7-11-5-6-13(10)19-11/h2-4,10-11,13H,5-8H2,1H3,(H,17,18). The number of halogens is 1. The van der Waals surface area contributed by atoms with Gasteiger partial charge in [-0.25, -0.2) is 0 Å². The predicted molar refractivity (Wildman–Crippen MR) is 82.2 cm³/mol. The topological polar surface area (TPSA) is 38.3 Å². The molecule has 1 amide bonds. The maximum absolute atomic E-state index is 12.2. The summed E-state index contributed by atoms with van der Waals surface area (Å²) in [5, 5.41) is 3.07. The summed E-state index contributed by atoms with van der Waals surface area (Å²) in [6.07, 6.45) is 4.29. The van der Waals surface area contributed by atoms with Crippen LogP contribution in [0.1, 0.15) is 35.2 Å². The van der Waals surface area contributed by atoms with E-state index in [-0.39, 0.29) is 5.91 Å². The van der Waals surface area contributed by atoms with Crippen LogP contribution in [0.15, 0.2) is 18.2 Å². The number of fused-ring (bicyclic) bond motifs is 2. The van der Waals surface area contributed by atoms with Crippen molar-refractivity contribution >= 4 is 28.5 Å². The minimum atomic E-state index is 0.0378. The molecule has 2 saturated heterocycles. The summed E-state index contributed by atoms with van der Waals surface area (Å²) in [5.74, 6) is 0.543. The van der Waals surface area contributed by atoms with Crippen LogP contribution in [0.3, 0.4) is 0 Å². The Hall–Kier alpha value is -0.620. The molecule has 3 nitrogen and oxygen atoms in total. The molecule has 2 heterocycles. The van der Waals surface area contributed by atoms with Crippen molar-refractivity contribution in [2.75, 3.05) is 6.54 Å². The lowest BCUT2D eigenvalue weighted by Crippen LogP contribution is -2.33. The van der Waals surface area contributed by atoms with E-state index in [4.69, 9.17) is 4.74 Å². The highest BCUT2D eigenvalue weighted by Gasteiger charge is 2.40. The average Bonchev–Trinajstić information content (AvgIpc) is 3.01. The van der Waals surface area contributed by atoms with Gasteiger partial charge in [-0.15, -0.1) is 0 Å². The molecule has 1 aromatic carbocycles. The summed E-state index contributed by atoms with van der Waals surface area (Å²) < 4.78 is 6.86. The lowest BCUT2D eigenvalue weighted by atomic mass is 9.89. The molecule has 3 rings (SSSR count). The van der Waals surface area contributed by atoms with Crippen LogP contribution in [0.4, 0.5) is 0 Å². The number of carbonyl (C=O) groups is 1. The van der Waals surface area contributed by atoms with Crippen molar-refractivity contribution in [1.29, 1.82) is 0 Å². The number of amides is 1. The van der Waals surface area contributed by atoms with E-state index in [2.05, 4.69) is 27.9 Å². The van der Waals surface area contributed by atoms with E-state index >= 15 is 0 Å². The first kappa shape index (κ1) is 13.4. The lowest BCUT2D eigenvalue weighted by Gasteiger charge is -2.19. The molecule has 0 spiro atoms. The van der Waals surface area contributed by atoms with Gasteiger partial charge in [0.15, 0.2) is 0 Å². The Kier molecular flexibility index (Phi) is 3.80. The first-order chi connectivity index (χ1) is 9.15. The van der Waals surface area contributed by atoms with Gasteiger partial charge < -0.3 is 10.1 Å². The molecule has 3 unspecified atom stereocenters. The third-order valence-corrected chi connectivity index (χ3v) is 5.62. The van der Waals surface area contributed by atoms with Crippen molar-refractivity contribution < 1.29 is 9.53 Å². The Balaban J connectivity index is 1.61. The van der Waals surface area contributed by atoms with Crippen LogP contribution in [0, 0.1) is 16.4 Å². The SMILES string of the molecule is Cc1cccc(C(=O)NCC2CC3CCC2O3)c1I. The second-order valence-corrected chi connectivity index (χ2v) is 6.59. The van der Waals surface area contributed by atoms with Crippen molar-refractivity contribution in [3.05, 3.63) is 32.9 Å². The second kappa shape index (κ2) is 5.40. The molecule has 2 fully saturated rings. The average molecular weight is 371 g/mol. The summed E-state index contributed by atoms with van der Waals surface area (Å²) >= 11 is 2.24. The van der Waals surface area contributed by atoms with Gasteiger partial charge in [-0.3, -0.25) is 4.79 Å². The van der Waals surface area contributed by atoms with Crippen molar-refractivity contribution in [3.8, 4) is 0 Å². The molecule has 1 aromatic rings. The van der Waals surface area contributed by atoms with E-state index in [1.54, 1.807) is 0 Å². The number of nitrogens with one attached hydrogen (secondary N) is 1. The highest BCUT2D eigenvalue weighted by Crippen LogP contribution is 2.38. The Labute approximate surface area is 127 Å². The van der Waals surface area contributed by atoms with Gasteiger partial charge in [-0.05, 0) is 60.4 Å². The summed E-state index contributed by atoms with van der Waals surface area (Å²) in [6, 6.07) is 5.86. The molecule has 0 aromatic heterocycles. The summed E-state index contributed by atoms with van der Waals surface area (Å²) in [5.41, 5.74) is 1.93. The van der Waals surface area contributed by atoms with Gasteiger partial charge >= 0.3 is 0 Å². The predicted octanol–water partition coefficient (Wildman–Crippen LogP) is 2.90. The first-order valence-corrected chi connectivity index (χ1v) is 7.92. The molecule has 0 aliphatic carbocycles. The minimum absolute atomic E-state index is 0.0378. The van der Waals surface area contributed by atoms with Gasteiger partial charge in [0.2, 0.25) is 0 Å². The van der Waals surface area contributed by atoms with Crippen LogP contribution in [0.2, 0.25) is 0 Å². The fraction of sp³-hybridized carbons (Fsp3) is 0.533. The van der Waals surface area contributed by atoms with E-state index in [0.29, 0.717) is 18.1 Å². The van der Waals surface area contributed by atoms with E-state index in [1.165, 1.54) is 6.42 Å². The van der Waals surface area contributed by atoms with Gasteiger partial charge in [0.1, 0.15) is 0 Å². The van der Waals surface area contributed by atoms with E-state index < -0.39 is 0 Å². The van der Waals surface area contributed by atoms with Crippen LogP contribution < -0.4 is 5.32 Å². The molecule has 3 atom stereocenters. The summed E-state index contributed by atoms with van der Waals surface area (Å²) in [4.78, 5) is 12.2. The Bertz CT molecular complexity index is 503. The smallest absolute Gasteiger partial charge is 0.252 e. The number of carbonyl (C=O) groups excluding carboxylic acids is 1. The van der Waals surface area contributed by atoms with Crippen LogP contribution >= 0.6 is 22.6 Å². The number of benzene rings is 1. The van der Waals surface area contributed by atoms with Crippen molar-refractivity contribution in [2.24, 2.45) is 5.92 Å². The van der Waals surface area contributed by atoms with Crippen LogP contribution in [-0.2, 0) is 4.74 Å². The third-order valence-electron chi connectivity index (χ3n) is 4.19. The molecule has 2 aliphatic rings. The first-order valence-electron chi connectivity index (χ1n) is 6.84. The minimum Gasteiger partial charge on any atom is -0.375 e. The molecule has 1 N–H and O–H groups in total. The fourth-order valence-corrected chi connectivity index (χ4v) is 3.70.